The largest absolute Gasteiger partial charge is 0.511 e. The van der Waals surface area contributed by atoms with Crippen LogP contribution >= 0.6 is 0 Å². The van der Waals surface area contributed by atoms with Crippen molar-refractivity contribution in [3.63, 3.8) is 0 Å². The summed E-state index contributed by atoms with van der Waals surface area (Å²) in [4.78, 5) is 15.2. The van der Waals surface area contributed by atoms with E-state index < -0.39 is 43.5 Å². The summed E-state index contributed by atoms with van der Waals surface area (Å²) in [5, 5.41) is 14.2. The van der Waals surface area contributed by atoms with Gasteiger partial charge in [-0.2, -0.15) is 8.42 Å². The number of hydrogen-bond donors (Lipinski definition) is 2. The highest BCUT2D eigenvalue weighted by Gasteiger charge is 2.57. The fraction of sp³-hybridized carbons (Fsp3) is 0.385. The standard InChI is InChI=1S/C26H26F2N4O6S2/c1-31(39(2,35)36)16-6-8-19-20(11-16)40(37,38)30-25(29-19)22-24(33)21-14-4-5-15(10-14)23(21)32(26(22)34)12-13-3-7-17(27)18(28)9-13/h3,6-9,11,14-15,21,23,33H,4-5,10,12H2,1-2H3,(H,29,30)/t14-,15-,21+,23-/m0/s1. The van der Waals surface area contributed by atoms with Gasteiger partial charge in [0.2, 0.25) is 10.0 Å². The molecule has 0 radical (unpaired) electrons. The van der Waals surface area contributed by atoms with Gasteiger partial charge in [0.1, 0.15) is 16.2 Å². The van der Waals surface area contributed by atoms with Crippen LogP contribution in [0.5, 0.6) is 0 Å². The molecule has 4 aliphatic rings. The number of halogens is 2. The van der Waals surface area contributed by atoms with Crippen molar-refractivity contribution in [2.45, 2.75) is 36.7 Å². The van der Waals surface area contributed by atoms with Crippen molar-refractivity contribution < 1.29 is 35.5 Å². The molecule has 2 aliphatic carbocycles. The van der Waals surface area contributed by atoms with E-state index in [2.05, 4.69) is 9.71 Å². The Balaban J connectivity index is 1.41. The number of nitrogens with zero attached hydrogens (tertiary/aromatic N) is 3. The van der Waals surface area contributed by atoms with Gasteiger partial charge in [-0.25, -0.2) is 17.2 Å². The number of benzene rings is 2. The predicted octanol–water partition coefficient (Wildman–Crippen LogP) is 3.14. The second-order valence-corrected chi connectivity index (χ2v) is 14.3. The van der Waals surface area contributed by atoms with Gasteiger partial charge in [0.15, 0.2) is 17.5 Å². The van der Waals surface area contributed by atoms with Crippen LogP contribution in [0.1, 0.15) is 24.8 Å². The summed E-state index contributed by atoms with van der Waals surface area (Å²) >= 11 is 0. The first-order chi connectivity index (χ1) is 18.8. The number of sulfonamides is 2. The minimum absolute atomic E-state index is 0.0605. The van der Waals surface area contributed by atoms with E-state index in [1.807, 2.05) is 0 Å². The topological polar surface area (TPSA) is 136 Å². The lowest BCUT2D eigenvalue weighted by Crippen LogP contribution is -2.53. The van der Waals surface area contributed by atoms with Gasteiger partial charge in [0, 0.05) is 25.6 Å². The van der Waals surface area contributed by atoms with Crippen LogP contribution in [0.15, 0.2) is 57.0 Å². The van der Waals surface area contributed by atoms with Crippen LogP contribution in [0.3, 0.4) is 0 Å². The number of aliphatic hydroxyl groups excluding tert-OH is 1. The molecule has 0 unspecified atom stereocenters. The van der Waals surface area contributed by atoms with Gasteiger partial charge in [-0.05, 0) is 67.0 Å². The fourth-order valence-electron chi connectivity index (χ4n) is 6.53. The van der Waals surface area contributed by atoms with Crippen molar-refractivity contribution in [3.05, 3.63) is 64.9 Å². The number of carbonyl (C=O) groups excluding carboxylic acids is 1. The molecule has 2 bridgehead atoms. The molecule has 2 aromatic carbocycles. The molecule has 1 amide bonds. The molecule has 0 saturated heterocycles. The maximum atomic E-state index is 14.0. The fourth-order valence-corrected chi connectivity index (χ4v) is 8.17. The van der Waals surface area contributed by atoms with Crippen molar-refractivity contribution in [2.75, 3.05) is 22.9 Å². The Hall–Kier alpha value is -3.52. The number of nitrogens with one attached hydrogen (secondary N) is 1. The molecule has 6 rings (SSSR count). The highest BCUT2D eigenvalue weighted by Crippen LogP contribution is 2.55. The van der Waals surface area contributed by atoms with Crippen LogP contribution in [0.25, 0.3) is 0 Å². The molecule has 10 nitrogen and oxygen atoms in total. The second-order valence-electron chi connectivity index (χ2n) is 10.7. The van der Waals surface area contributed by atoms with Gasteiger partial charge in [-0.3, -0.25) is 9.10 Å². The monoisotopic (exact) mass is 592 g/mol. The van der Waals surface area contributed by atoms with E-state index in [-0.39, 0.29) is 57.9 Å². The summed E-state index contributed by atoms with van der Waals surface area (Å²) in [7, 11) is -6.79. The lowest BCUT2D eigenvalue weighted by molar-refractivity contribution is -0.134. The van der Waals surface area contributed by atoms with E-state index in [4.69, 9.17) is 0 Å². The number of aliphatic hydroxyl groups is 1. The van der Waals surface area contributed by atoms with Crippen molar-refractivity contribution >= 4 is 43.2 Å². The van der Waals surface area contributed by atoms with Gasteiger partial charge in [-0.15, -0.1) is 4.40 Å². The zero-order chi connectivity index (χ0) is 28.7. The van der Waals surface area contributed by atoms with Crippen LogP contribution in [0.4, 0.5) is 20.2 Å². The van der Waals surface area contributed by atoms with Gasteiger partial charge in [0.25, 0.3) is 15.9 Å². The molecular formula is C26H26F2N4O6S2. The lowest BCUT2D eigenvalue weighted by atomic mass is 9.77. The Morgan fingerprint density at radius 3 is 2.55 bits per heavy atom. The first-order valence-electron chi connectivity index (χ1n) is 12.6. The minimum atomic E-state index is -4.41. The zero-order valence-electron chi connectivity index (χ0n) is 21.5. The first-order valence-corrected chi connectivity index (χ1v) is 15.9. The molecule has 2 aromatic rings. The number of amidine groups is 1. The quantitative estimate of drug-likeness (QED) is 0.544. The number of anilines is 2. The summed E-state index contributed by atoms with van der Waals surface area (Å²) in [5.41, 5.74) is 0.228. The smallest absolute Gasteiger partial charge is 0.286 e. The van der Waals surface area contributed by atoms with Crippen LogP contribution in [-0.2, 0) is 31.4 Å². The third-order valence-electron chi connectivity index (χ3n) is 8.42. The first kappa shape index (κ1) is 26.7. The Bertz CT molecular complexity index is 1740. The van der Waals surface area contributed by atoms with E-state index in [1.165, 1.54) is 30.1 Å². The van der Waals surface area contributed by atoms with E-state index >= 15 is 0 Å². The Morgan fingerprint density at radius 1 is 1.12 bits per heavy atom. The van der Waals surface area contributed by atoms with Crippen LogP contribution in [0, 0.1) is 29.4 Å². The normalized spacial score (nSPS) is 26.8. The maximum absolute atomic E-state index is 14.0. The average molecular weight is 593 g/mol. The third kappa shape index (κ3) is 4.15. The van der Waals surface area contributed by atoms with Crippen LogP contribution in [-0.4, -0.2) is 57.9 Å². The zero-order valence-corrected chi connectivity index (χ0v) is 23.1. The minimum Gasteiger partial charge on any atom is -0.511 e. The van der Waals surface area contributed by atoms with Gasteiger partial charge in [0.05, 0.1) is 17.6 Å². The van der Waals surface area contributed by atoms with Crippen molar-refractivity contribution in [2.24, 2.45) is 22.2 Å². The molecule has 2 aliphatic heterocycles. The molecule has 0 spiro atoms. The van der Waals surface area contributed by atoms with Gasteiger partial charge < -0.3 is 15.3 Å². The SMILES string of the molecule is CN(c1ccc2c(c1)S(=O)(=O)N=C(C1=C(O)[C@@H]3[C@H]4CC[C@@H](C4)[C@@H]3N(Cc3ccc(F)c(F)c3)C1=O)N2)S(C)(=O)=O. The highest BCUT2D eigenvalue weighted by molar-refractivity contribution is 7.92. The van der Waals surface area contributed by atoms with E-state index in [0.717, 1.165) is 48.0 Å². The number of fused-ring (bicyclic) bond motifs is 6. The molecule has 2 heterocycles. The van der Waals surface area contributed by atoms with Gasteiger partial charge >= 0.3 is 0 Å². The van der Waals surface area contributed by atoms with E-state index in [9.17, 15) is 35.5 Å². The van der Waals surface area contributed by atoms with Crippen molar-refractivity contribution in [1.29, 1.82) is 0 Å². The number of hydrogen-bond acceptors (Lipinski definition) is 7. The summed E-state index contributed by atoms with van der Waals surface area (Å²) < 4.78 is 82.7. The number of amides is 1. The Morgan fingerprint density at radius 2 is 1.85 bits per heavy atom. The third-order valence-corrected chi connectivity index (χ3v) is 10.9. The molecule has 40 heavy (non-hydrogen) atoms. The average Bonchev–Trinajstić information content (AvgIpc) is 3.50. The van der Waals surface area contributed by atoms with Crippen molar-refractivity contribution in [1.82, 2.24) is 4.90 Å². The van der Waals surface area contributed by atoms with Crippen LogP contribution < -0.4 is 9.62 Å². The van der Waals surface area contributed by atoms with Gasteiger partial charge in [-0.1, -0.05) is 6.07 Å². The number of carbonyl (C=O) groups is 1. The molecular weight excluding hydrogens is 566 g/mol. The van der Waals surface area contributed by atoms with Crippen molar-refractivity contribution in [3.8, 4) is 0 Å². The summed E-state index contributed by atoms with van der Waals surface area (Å²) in [6, 6.07) is 6.95. The highest BCUT2D eigenvalue weighted by atomic mass is 32.2. The summed E-state index contributed by atoms with van der Waals surface area (Å²) in [6.45, 7) is -0.0605. The predicted molar refractivity (Wildman–Crippen MR) is 143 cm³/mol. The Kier molecular flexibility index (Phi) is 6.00. The number of rotatable bonds is 5. The summed E-state index contributed by atoms with van der Waals surface area (Å²) in [6.07, 6.45) is 3.47. The molecule has 4 atom stereocenters. The molecule has 0 aromatic heterocycles. The molecule has 2 N–H and O–H groups in total. The summed E-state index contributed by atoms with van der Waals surface area (Å²) in [5.74, 6) is -3.58. The van der Waals surface area contributed by atoms with Crippen LogP contribution in [0.2, 0.25) is 0 Å². The molecule has 2 saturated carbocycles. The molecule has 2 fully saturated rings. The molecule has 14 heteroatoms. The Labute approximate surface area is 230 Å². The van der Waals surface area contributed by atoms with E-state index in [1.54, 1.807) is 0 Å². The maximum Gasteiger partial charge on any atom is 0.286 e. The lowest BCUT2D eigenvalue weighted by Gasteiger charge is -2.44. The second kappa shape index (κ2) is 8.99. The van der Waals surface area contributed by atoms with E-state index in [0.29, 0.717) is 5.56 Å². The molecule has 212 valence electrons.